The maximum absolute atomic E-state index is 12.1. The fourth-order valence-electron chi connectivity index (χ4n) is 2.57. The highest BCUT2D eigenvalue weighted by Gasteiger charge is 2.05. The van der Waals surface area contributed by atoms with Gasteiger partial charge in [-0.3, -0.25) is 9.59 Å². The average Bonchev–Trinajstić information content (AvgIpc) is 2.54. The van der Waals surface area contributed by atoms with Crippen LogP contribution in [0.3, 0.4) is 0 Å². The van der Waals surface area contributed by atoms with Crippen molar-refractivity contribution in [3.63, 3.8) is 0 Å². The number of hydrogen-bond acceptors (Lipinski definition) is 2. The van der Waals surface area contributed by atoms with Gasteiger partial charge >= 0.3 is 0 Å². The molecule has 24 heavy (non-hydrogen) atoms. The summed E-state index contributed by atoms with van der Waals surface area (Å²) in [6.07, 6.45) is 1.05. The summed E-state index contributed by atoms with van der Waals surface area (Å²) in [4.78, 5) is 26.6. The number of halogens is 1. The normalized spacial score (nSPS) is 10.8. The molecule has 1 heterocycles. The van der Waals surface area contributed by atoms with Crippen molar-refractivity contribution in [2.75, 3.05) is 5.32 Å². The number of aromatic nitrogens is 1. The van der Waals surface area contributed by atoms with Crippen molar-refractivity contribution in [3.05, 3.63) is 74.5 Å². The molecule has 0 aliphatic rings. The van der Waals surface area contributed by atoms with E-state index in [4.69, 9.17) is 0 Å². The van der Waals surface area contributed by atoms with Crippen LogP contribution in [0.5, 0.6) is 0 Å². The standard InChI is InChI=1S/C19H17BrN2O2/c1-12-9-14-10-13(5-7-17(14)22-19(12)24)6-8-18(23)21-16-4-2-3-15(20)11-16/h2-5,7,9-11H,6,8H2,1H3,(H,21,23)(H,22,24). The van der Waals surface area contributed by atoms with Gasteiger partial charge in [-0.25, -0.2) is 0 Å². The van der Waals surface area contributed by atoms with Crippen LogP contribution in [0.4, 0.5) is 5.69 Å². The topological polar surface area (TPSA) is 62.0 Å². The minimum absolute atomic E-state index is 0.0224. The zero-order chi connectivity index (χ0) is 17.1. The number of hydrogen-bond donors (Lipinski definition) is 2. The first kappa shape index (κ1) is 16.5. The molecule has 0 bridgehead atoms. The summed E-state index contributed by atoms with van der Waals surface area (Å²) >= 11 is 3.39. The highest BCUT2D eigenvalue weighted by molar-refractivity contribution is 9.10. The third kappa shape index (κ3) is 3.92. The molecule has 0 unspecified atom stereocenters. The Morgan fingerprint density at radius 3 is 2.79 bits per heavy atom. The van der Waals surface area contributed by atoms with Crippen molar-refractivity contribution in [2.24, 2.45) is 0 Å². The second kappa shape index (κ2) is 7.01. The van der Waals surface area contributed by atoms with Crippen molar-refractivity contribution in [3.8, 4) is 0 Å². The Kier molecular flexibility index (Phi) is 4.81. The molecule has 1 amide bonds. The molecule has 2 aromatic carbocycles. The Bertz CT molecular complexity index is 963. The highest BCUT2D eigenvalue weighted by Crippen LogP contribution is 2.17. The lowest BCUT2D eigenvalue weighted by Crippen LogP contribution is -2.12. The van der Waals surface area contributed by atoms with E-state index < -0.39 is 0 Å². The summed E-state index contributed by atoms with van der Waals surface area (Å²) in [5, 5.41) is 3.87. The average molecular weight is 385 g/mol. The van der Waals surface area contributed by atoms with Gasteiger partial charge in [0, 0.05) is 27.7 Å². The summed E-state index contributed by atoms with van der Waals surface area (Å²) in [5.41, 5.74) is 3.28. The summed E-state index contributed by atoms with van der Waals surface area (Å²) in [7, 11) is 0. The van der Waals surface area contributed by atoms with Crippen molar-refractivity contribution in [2.45, 2.75) is 19.8 Å². The lowest BCUT2D eigenvalue weighted by Gasteiger charge is -2.07. The number of aromatic amines is 1. The van der Waals surface area contributed by atoms with Crippen molar-refractivity contribution in [1.29, 1.82) is 0 Å². The minimum atomic E-state index is -0.0661. The van der Waals surface area contributed by atoms with E-state index in [1.165, 1.54) is 0 Å². The van der Waals surface area contributed by atoms with E-state index in [0.717, 1.165) is 26.6 Å². The first-order valence-corrected chi connectivity index (χ1v) is 8.48. The van der Waals surface area contributed by atoms with Gasteiger partial charge in [0.1, 0.15) is 0 Å². The summed E-state index contributed by atoms with van der Waals surface area (Å²) in [6.45, 7) is 1.79. The van der Waals surface area contributed by atoms with Crippen LogP contribution < -0.4 is 10.9 Å². The first-order valence-electron chi connectivity index (χ1n) is 7.69. The lowest BCUT2D eigenvalue weighted by atomic mass is 10.1. The third-order valence-electron chi connectivity index (χ3n) is 3.84. The molecule has 0 aliphatic carbocycles. The largest absolute Gasteiger partial charge is 0.326 e. The molecule has 3 rings (SSSR count). The fourth-order valence-corrected chi connectivity index (χ4v) is 2.97. The number of carbonyl (C=O) groups is 1. The van der Waals surface area contributed by atoms with Crippen LogP contribution in [0.2, 0.25) is 0 Å². The van der Waals surface area contributed by atoms with Gasteiger partial charge in [-0.2, -0.15) is 0 Å². The number of amides is 1. The van der Waals surface area contributed by atoms with Gasteiger partial charge in [-0.15, -0.1) is 0 Å². The SMILES string of the molecule is Cc1cc2cc(CCC(=O)Nc3cccc(Br)c3)ccc2[nH]c1=O. The molecule has 0 aliphatic heterocycles. The third-order valence-corrected chi connectivity index (χ3v) is 4.34. The molecule has 0 radical (unpaired) electrons. The second-order valence-electron chi connectivity index (χ2n) is 5.76. The monoisotopic (exact) mass is 384 g/mol. The van der Waals surface area contributed by atoms with Crippen LogP contribution in [0, 0.1) is 6.92 Å². The van der Waals surface area contributed by atoms with Crippen LogP contribution in [0.1, 0.15) is 17.5 Å². The molecule has 4 nitrogen and oxygen atoms in total. The number of carbonyl (C=O) groups excluding carboxylic acids is 1. The Morgan fingerprint density at radius 2 is 2.00 bits per heavy atom. The minimum Gasteiger partial charge on any atom is -0.326 e. The maximum atomic E-state index is 12.1. The number of fused-ring (bicyclic) bond motifs is 1. The van der Waals surface area contributed by atoms with Gasteiger partial charge in [0.25, 0.3) is 5.56 Å². The van der Waals surface area contributed by atoms with Crippen molar-refractivity contribution in [1.82, 2.24) is 4.98 Å². The number of benzene rings is 2. The van der Waals surface area contributed by atoms with Gasteiger partial charge in [-0.1, -0.05) is 28.1 Å². The zero-order valence-corrected chi connectivity index (χ0v) is 14.8. The molecule has 0 saturated heterocycles. The maximum Gasteiger partial charge on any atom is 0.251 e. The number of H-pyrrole nitrogens is 1. The van der Waals surface area contributed by atoms with Gasteiger partial charge in [0.2, 0.25) is 5.91 Å². The van der Waals surface area contributed by atoms with E-state index in [2.05, 4.69) is 26.2 Å². The first-order chi connectivity index (χ1) is 11.5. The molecule has 5 heteroatoms. The molecule has 122 valence electrons. The molecule has 0 saturated carbocycles. The van der Waals surface area contributed by atoms with Crippen molar-refractivity contribution < 1.29 is 4.79 Å². The molecule has 0 spiro atoms. The predicted octanol–water partition coefficient (Wildman–Crippen LogP) is 4.17. The van der Waals surface area contributed by atoms with Crippen LogP contribution >= 0.6 is 15.9 Å². The molecule has 0 fully saturated rings. The van der Waals surface area contributed by atoms with E-state index in [1.54, 1.807) is 6.92 Å². The quantitative estimate of drug-likeness (QED) is 0.708. The smallest absolute Gasteiger partial charge is 0.251 e. The zero-order valence-electron chi connectivity index (χ0n) is 13.2. The van der Waals surface area contributed by atoms with Crippen molar-refractivity contribution >= 4 is 38.4 Å². The molecule has 0 atom stereocenters. The van der Waals surface area contributed by atoms with Crippen LogP contribution in [-0.4, -0.2) is 10.9 Å². The molecule has 2 N–H and O–H groups in total. The van der Waals surface area contributed by atoms with Gasteiger partial charge in [-0.05, 0) is 60.7 Å². The molecule has 1 aromatic heterocycles. The van der Waals surface area contributed by atoms with Crippen LogP contribution in [-0.2, 0) is 11.2 Å². The lowest BCUT2D eigenvalue weighted by molar-refractivity contribution is -0.116. The summed E-state index contributed by atoms with van der Waals surface area (Å²) in [5.74, 6) is -0.0224. The number of rotatable bonds is 4. The summed E-state index contributed by atoms with van der Waals surface area (Å²) < 4.78 is 0.930. The van der Waals surface area contributed by atoms with E-state index >= 15 is 0 Å². The van der Waals surface area contributed by atoms with E-state index in [-0.39, 0.29) is 11.5 Å². The van der Waals surface area contributed by atoms with E-state index in [1.807, 2.05) is 48.5 Å². The number of anilines is 1. The predicted molar refractivity (Wildman–Crippen MR) is 100 cm³/mol. The van der Waals surface area contributed by atoms with E-state index in [0.29, 0.717) is 18.4 Å². The molecule has 3 aromatic rings. The van der Waals surface area contributed by atoms with Gasteiger partial charge in [0.05, 0.1) is 0 Å². The number of pyridine rings is 1. The van der Waals surface area contributed by atoms with Crippen LogP contribution in [0.25, 0.3) is 10.9 Å². The Labute approximate surface area is 148 Å². The number of nitrogens with one attached hydrogen (secondary N) is 2. The Balaban J connectivity index is 1.67. The Hall–Kier alpha value is -2.40. The fraction of sp³-hybridized carbons (Fsp3) is 0.158. The Morgan fingerprint density at radius 1 is 1.17 bits per heavy atom. The molecular formula is C19H17BrN2O2. The summed E-state index contributed by atoms with van der Waals surface area (Å²) in [6, 6.07) is 15.2. The molecular weight excluding hydrogens is 368 g/mol. The van der Waals surface area contributed by atoms with Gasteiger partial charge in [0.15, 0.2) is 0 Å². The van der Waals surface area contributed by atoms with E-state index in [9.17, 15) is 9.59 Å². The number of aryl methyl sites for hydroxylation is 2. The highest BCUT2D eigenvalue weighted by atomic mass is 79.9. The second-order valence-corrected chi connectivity index (χ2v) is 6.68. The van der Waals surface area contributed by atoms with Crippen LogP contribution in [0.15, 0.2) is 57.8 Å². The van der Waals surface area contributed by atoms with Gasteiger partial charge < -0.3 is 10.3 Å².